The van der Waals surface area contributed by atoms with E-state index in [0.717, 1.165) is 0 Å². The van der Waals surface area contributed by atoms with Gasteiger partial charge in [-0.1, -0.05) is 13.8 Å². The molecule has 0 saturated carbocycles. The van der Waals surface area contributed by atoms with Crippen LogP contribution in [-0.4, -0.2) is 50.4 Å². The molecule has 1 aromatic carbocycles. The lowest BCUT2D eigenvalue weighted by atomic mass is 10.1. The number of nitrogens with zero attached hydrogens (tertiary/aromatic N) is 2. The van der Waals surface area contributed by atoms with Crippen molar-refractivity contribution in [3.63, 3.8) is 0 Å². The van der Waals surface area contributed by atoms with Crippen molar-refractivity contribution in [1.29, 1.82) is 0 Å². The Bertz CT molecular complexity index is 546. The topological polar surface area (TPSA) is 52.7 Å². The quantitative estimate of drug-likeness (QED) is 0.927. The maximum Gasteiger partial charge on any atom is 0.253 e. The second kappa shape index (κ2) is 7.89. The van der Waals surface area contributed by atoms with Crippen molar-refractivity contribution in [2.75, 3.05) is 32.6 Å². The summed E-state index contributed by atoms with van der Waals surface area (Å²) < 4.78 is 14.1. The molecule has 5 nitrogen and oxygen atoms in total. The molecule has 1 heterocycles. The summed E-state index contributed by atoms with van der Waals surface area (Å²) in [5, 5.41) is 2.90. The fourth-order valence-corrected chi connectivity index (χ4v) is 2.30. The molecule has 0 spiro atoms. The summed E-state index contributed by atoms with van der Waals surface area (Å²) in [6.07, 6.45) is 0.646. The highest BCUT2D eigenvalue weighted by Crippen LogP contribution is 2.25. The number of likely N-dealkylation sites (N-methyl/N-ethyl adjacent to an activating group) is 1. The largest absolute Gasteiger partial charge is 0.345 e. The maximum absolute atomic E-state index is 14.1. The SMILES string of the molecule is CC.CN[C@H]1CCN(c2ccc(C(=O)N(C)C)cc2F)C1=O. The van der Waals surface area contributed by atoms with Crippen molar-refractivity contribution in [2.45, 2.75) is 26.3 Å². The molecule has 0 radical (unpaired) electrons. The first-order chi connectivity index (χ1) is 10.5. The van der Waals surface area contributed by atoms with Crippen LogP contribution in [0, 0.1) is 5.82 Å². The number of amides is 2. The van der Waals surface area contributed by atoms with Gasteiger partial charge in [0.25, 0.3) is 5.91 Å². The molecule has 1 N–H and O–H groups in total. The first-order valence-electron chi connectivity index (χ1n) is 7.45. The third-order valence-electron chi connectivity index (χ3n) is 3.45. The summed E-state index contributed by atoms with van der Waals surface area (Å²) in [7, 11) is 4.92. The van der Waals surface area contributed by atoms with Crippen LogP contribution >= 0.6 is 0 Å². The van der Waals surface area contributed by atoms with Crippen molar-refractivity contribution < 1.29 is 14.0 Å². The fourth-order valence-electron chi connectivity index (χ4n) is 2.30. The van der Waals surface area contributed by atoms with Crippen molar-refractivity contribution in [3.05, 3.63) is 29.6 Å². The maximum atomic E-state index is 14.1. The third kappa shape index (κ3) is 3.62. The molecule has 2 rings (SSSR count). The molecule has 0 aliphatic carbocycles. The van der Waals surface area contributed by atoms with Crippen molar-refractivity contribution >= 4 is 17.5 Å². The molecule has 122 valence electrons. The van der Waals surface area contributed by atoms with E-state index in [1.165, 1.54) is 21.9 Å². The summed E-state index contributed by atoms with van der Waals surface area (Å²) in [5.74, 6) is -0.961. The zero-order valence-corrected chi connectivity index (χ0v) is 13.8. The highest BCUT2D eigenvalue weighted by molar-refractivity contribution is 6.00. The lowest BCUT2D eigenvalue weighted by Crippen LogP contribution is -2.36. The standard InChI is InChI=1S/C14H18FN3O2.C2H6/c1-16-11-6-7-18(14(11)20)12-5-4-9(8-10(12)15)13(19)17(2)3;1-2/h4-5,8,11,16H,6-7H2,1-3H3;1-2H3/t11-;/m0./s1. The zero-order chi connectivity index (χ0) is 16.9. The van der Waals surface area contributed by atoms with Crippen molar-refractivity contribution in [2.24, 2.45) is 0 Å². The second-order valence-corrected chi connectivity index (χ2v) is 4.99. The highest BCUT2D eigenvalue weighted by atomic mass is 19.1. The summed E-state index contributed by atoms with van der Waals surface area (Å²) >= 11 is 0. The van der Waals surface area contributed by atoms with Gasteiger partial charge in [0.05, 0.1) is 11.7 Å². The highest BCUT2D eigenvalue weighted by Gasteiger charge is 2.32. The Morgan fingerprint density at radius 2 is 2.00 bits per heavy atom. The number of halogens is 1. The summed E-state index contributed by atoms with van der Waals surface area (Å²) in [5.41, 5.74) is 0.496. The number of hydrogen-bond acceptors (Lipinski definition) is 3. The normalized spacial score (nSPS) is 17.1. The van der Waals surface area contributed by atoms with E-state index in [1.807, 2.05) is 13.8 Å². The van der Waals surface area contributed by atoms with Gasteiger partial charge in [0, 0.05) is 26.2 Å². The molecule has 0 aromatic heterocycles. The molecule has 1 atom stereocenters. The minimum absolute atomic E-state index is 0.141. The van der Waals surface area contributed by atoms with Gasteiger partial charge >= 0.3 is 0 Å². The molecule has 1 fully saturated rings. The van der Waals surface area contributed by atoms with Gasteiger partial charge in [0.1, 0.15) is 5.82 Å². The van der Waals surface area contributed by atoms with Crippen molar-refractivity contribution in [1.82, 2.24) is 10.2 Å². The van der Waals surface area contributed by atoms with Gasteiger partial charge in [0.15, 0.2) is 0 Å². The average Bonchev–Trinajstić information content (AvgIpc) is 2.89. The monoisotopic (exact) mass is 309 g/mol. The third-order valence-corrected chi connectivity index (χ3v) is 3.45. The van der Waals surface area contributed by atoms with Crippen LogP contribution in [0.4, 0.5) is 10.1 Å². The molecular formula is C16H24FN3O2. The Morgan fingerprint density at radius 1 is 1.36 bits per heavy atom. The van der Waals surface area contributed by atoms with E-state index in [9.17, 15) is 14.0 Å². The smallest absolute Gasteiger partial charge is 0.253 e. The second-order valence-electron chi connectivity index (χ2n) is 4.99. The van der Waals surface area contributed by atoms with E-state index in [0.29, 0.717) is 13.0 Å². The summed E-state index contributed by atoms with van der Waals surface area (Å²) in [4.78, 5) is 26.6. The van der Waals surface area contributed by atoms with Gasteiger partial charge in [-0.05, 0) is 31.7 Å². The van der Waals surface area contributed by atoms with Crippen LogP contribution < -0.4 is 10.2 Å². The van der Waals surface area contributed by atoms with Crippen LogP contribution in [0.2, 0.25) is 0 Å². The molecule has 1 aliphatic rings. The van der Waals surface area contributed by atoms with Crippen LogP contribution in [0.5, 0.6) is 0 Å². The zero-order valence-electron chi connectivity index (χ0n) is 13.8. The molecule has 1 saturated heterocycles. The molecule has 22 heavy (non-hydrogen) atoms. The van der Waals surface area contributed by atoms with Crippen LogP contribution in [0.15, 0.2) is 18.2 Å². The number of hydrogen-bond donors (Lipinski definition) is 1. The first kappa shape index (κ1) is 18.1. The lowest BCUT2D eigenvalue weighted by Gasteiger charge is -2.18. The van der Waals surface area contributed by atoms with Gasteiger partial charge in [-0.25, -0.2) is 4.39 Å². The average molecular weight is 309 g/mol. The molecule has 6 heteroatoms. The van der Waals surface area contributed by atoms with E-state index in [-0.39, 0.29) is 29.1 Å². The molecule has 0 unspecified atom stereocenters. The van der Waals surface area contributed by atoms with Crippen LogP contribution in [0.1, 0.15) is 30.6 Å². The number of anilines is 1. The minimum atomic E-state index is -0.553. The number of rotatable bonds is 3. The first-order valence-corrected chi connectivity index (χ1v) is 7.45. The predicted octanol–water partition coefficient (Wildman–Crippen LogP) is 1.88. The van der Waals surface area contributed by atoms with E-state index in [4.69, 9.17) is 0 Å². The van der Waals surface area contributed by atoms with Gasteiger partial charge in [-0.15, -0.1) is 0 Å². The van der Waals surface area contributed by atoms with Crippen molar-refractivity contribution in [3.8, 4) is 0 Å². The Hall–Kier alpha value is -1.95. The Kier molecular flexibility index (Phi) is 6.49. The molecule has 1 aliphatic heterocycles. The Labute approximate surface area is 131 Å². The van der Waals surface area contributed by atoms with Gasteiger partial charge in [-0.2, -0.15) is 0 Å². The van der Waals surface area contributed by atoms with E-state index in [1.54, 1.807) is 27.2 Å². The van der Waals surface area contributed by atoms with Crippen LogP contribution in [-0.2, 0) is 4.79 Å². The number of carbonyl (C=O) groups excluding carboxylic acids is 2. The fraction of sp³-hybridized carbons (Fsp3) is 0.500. The van der Waals surface area contributed by atoms with Crippen LogP contribution in [0.25, 0.3) is 0 Å². The summed E-state index contributed by atoms with van der Waals surface area (Å²) in [6, 6.07) is 3.94. The molecule has 1 aromatic rings. The molecular weight excluding hydrogens is 285 g/mol. The Balaban J connectivity index is 0.00000116. The Morgan fingerprint density at radius 3 is 2.45 bits per heavy atom. The number of carbonyl (C=O) groups is 2. The lowest BCUT2D eigenvalue weighted by molar-refractivity contribution is -0.118. The van der Waals surface area contributed by atoms with Gasteiger partial charge in [0.2, 0.25) is 5.91 Å². The van der Waals surface area contributed by atoms with Gasteiger partial charge in [-0.3, -0.25) is 9.59 Å². The van der Waals surface area contributed by atoms with Gasteiger partial charge < -0.3 is 15.1 Å². The minimum Gasteiger partial charge on any atom is -0.345 e. The summed E-state index contributed by atoms with van der Waals surface area (Å²) in [6.45, 7) is 4.47. The molecule has 2 amide bonds. The van der Waals surface area contributed by atoms with Crippen LogP contribution in [0.3, 0.4) is 0 Å². The van der Waals surface area contributed by atoms with E-state index < -0.39 is 5.82 Å². The van der Waals surface area contributed by atoms with E-state index >= 15 is 0 Å². The van der Waals surface area contributed by atoms with E-state index in [2.05, 4.69) is 5.32 Å². The molecule has 0 bridgehead atoms. The number of nitrogens with one attached hydrogen (secondary N) is 1. The predicted molar refractivity (Wildman–Crippen MR) is 85.6 cm³/mol. The number of benzene rings is 1.